The van der Waals surface area contributed by atoms with Gasteiger partial charge in [0.15, 0.2) is 0 Å². The molecule has 1 aromatic heterocycles. The SMILES string of the molecule is CN(CC1CCCCC1O)C(=O)Cc1cn(C)c2ccccc12. The van der Waals surface area contributed by atoms with Crippen LogP contribution >= 0.6 is 0 Å². The molecule has 4 nitrogen and oxygen atoms in total. The molecular formula is C19H26N2O2. The third-order valence-electron chi connectivity index (χ3n) is 5.12. The van der Waals surface area contributed by atoms with Crippen molar-refractivity contribution in [2.24, 2.45) is 13.0 Å². The molecule has 1 aliphatic rings. The Morgan fingerprint density at radius 2 is 2.04 bits per heavy atom. The van der Waals surface area contributed by atoms with Gasteiger partial charge in [0.25, 0.3) is 0 Å². The molecular weight excluding hydrogens is 288 g/mol. The molecule has 1 fully saturated rings. The molecule has 1 aromatic carbocycles. The van der Waals surface area contributed by atoms with Crippen LogP contribution in [-0.4, -0.2) is 40.2 Å². The highest BCUT2D eigenvalue weighted by Gasteiger charge is 2.25. The van der Waals surface area contributed by atoms with Gasteiger partial charge < -0.3 is 14.6 Å². The summed E-state index contributed by atoms with van der Waals surface area (Å²) >= 11 is 0. The monoisotopic (exact) mass is 314 g/mol. The summed E-state index contributed by atoms with van der Waals surface area (Å²) in [5.41, 5.74) is 2.23. The Labute approximate surface area is 137 Å². The molecule has 0 aliphatic heterocycles. The third-order valence-corrected chi connectivity index (χ3v) is 5.12. The lowest BCUT2D eigenvalue weighted by molar-refractivity contribution is -0.130. The van der Waals surface area contributed by atoms with E-state index in [9.17, 15) is 9.90 Å². The molecule has 2 unspecified atom stereocenters. The third kappa shape index (κ3) is 3.42. The van der Waals surface area contributed by atoms with Gasteiger partial charge in [0.2, 0.25) is 5.91 Å². The fourth-order valence-corrected chi connectivity index (χ4v) is 3.72. The summed E-state index contributed by atoms with van der Waals surface area (Å²) in [7, 11) is 3.87. The molecule has 1 N–H and O–H groups in total. The number of rotatable bonds is 4. The van der Waals surface area contributed by atoms with E-state index in [1.54, 1.807) is 4.90 Å². The van der Waals surface area contributed by atoms with Crippen LogP contribution in [0, 0.1) is 5.92 Å². The first-order chi connectivity index (χ1) is 11.1. The van der Waals surface area contributed by atoms with Crippen LogP contribution in [0.25, 0.3) is 10.9 Å². The molecule has 1 amide bonds. The molecule has 2 aromatic rings. The number of hydrogen-bond donors (Lipinski definition) is 1. The highest BCUT2D eigenvalue weighted by Crippen LogP contribution is 2.25. The number of fused-ring (bicyclic) bond motifs is 1. The molecule has 124 valence electrons. The second-order valence-electron chi connectivity index (χ2n) is 6.85. The zero-order valence-corrected chi connectivity index (χ0v) is 14.0. The van der Waals surface area contributed by atoms with E-state index in [1.165, 1.54) is 0 Å². The van der Waals surface area contributed by atoms with E-state index in [0.717, 1.165) is 42.1 Å². The van der Waals surface area contributed by atoms with Gasteiger partial charge in [-0.05, 0) is 24.5 Å². The van der Waals surface area contributed by atoms with Crippen LogP contribution < -0.4 is 0 Å². The first kappa shape index (κ1) is 16.1. The molecule has 1 saturated carbocycles. The van der Waals surface area contributed by atoms with Gasteiger partial charge in [0, 0.05) is 43.7 Å². The molecule has 2 atom stereocenters. The number of para-hydroxylation sites is 1. The molecule has 4 heteroatoms. The predicted octanol–water partition coefficient (Wildman–Crippen LogP) is 2.73. The molecule has 0 bridgehead atoms. The lowest BCUT2D eigenvalue weighted by Crippen LogP contribution is -2.38. The van der Waals surface area contributed by atoms with Crippen molar-refractivity contribution in [1.82, 2.24) is 9.47 Å². The number of carbonyl (C=O) groups is 1. The lowest BCUT2D eigenvalue weighted by atomic mass is 9.86. The van der Waals surface area contributed by atoms with Crippen molar-refractivity contribution in [2.45, 2.75) is 38.2 Å². The number of nitrogens with zero attached hydrogens (tertiary/aromatic N) is 2. The minimum absolute atomic E-state index is 0.124. The van der Waals surface area contributed by atoms with Crippen LogP contribution in [-0.2, 0) is 18.3 Å². The summed E-state index contributed by atoms with van der Waals surface area (Å²) in [4.78, 5) is 14.4. The summed E-state index contributed by atoms with van der Waals surface area (Å²) in [6.45, 7) is 0.658. The molecule has 0 radical (unpaired) electrons. The molecule has 0 spiro atoms. The van der Waals surface area contributed by atoms with Crippen LogP contribution in [0.1, 0.15) is 31.2 Å². The quantitative estimate of drug-likeness (QED) is 0.943. The van der Waals surface area contributed by atoms with Crippen LogP contribution in [0.2, 0.25) is 0 Å². The largest absolute Gasteiger partial charge is 0.393 e. The zero-order chi connectivity index (χ0) is 16.4. The highest BCUT2D eigenvalue weighted by atomic mass is 16.3. The Kier molecular flexibility index (Phi) is 4.71. The van der Waals surface area contributed by atoms with Crippen molar-refractivity contribution in [3.05, 3.63) is 36.0 Å². The predicted molar refractivity (Wildman–Crippen MR) is 92.2 cm³/mol. The van der Waals surface area contributed by atoms with Crippen LogP contribution in [0.15, 0.2) is 30.5 Å². The van der Waals surface area contributed by atoms with Crippen molar-refractivity contribution in [1.29, 1.82) is 0 Å². The van der Waals surface area contributed by atoms with Crippen molar-refractivity contribution in [3.8, 4) is 0 Å². The maximum atomic E-state index is 12.6. The molecule has 23 heavy (non-hydrogen) atoms. The standard InChI is InChI=1S/C19H26N2O2/c1-20-13-15(16-8-4-5-9-17(16)20)11-19(23)21(2)12-14-7-3-6-10-18(14)22/h4-5,8-9,13-14,18,22H,3,6-7,10-12H2,1-2H3. The van der Waals surface area contributed by atoms with Crippen molar-refractivity contribution < 1.29 is 9.90 Å². The molecule has 3 rings (SSSR count). The number of benzene rings is 1. The number of hydrogen-bond acceptors (Lipinski definition) is 2. The van der Waals surface area contributed by atoms with Gasteiger partial charge in [-0.15, -0.1) is 0 Å². The van der Waals surface area contributed by atoms with E-state index >= 15 is 0 Å². The van der Waals surface area contributed by atoms with Crippen molar-refractivity contribution >= 4 is 16.8 Å². The van der Waals surface area contributed by atoms with Gasteiger partial charge >= 0.3 is 0 Å². The average Bonchev–Trinajstić information content (AvgIpc) is 2.86. The highest BCUT2D eigenvalue weighted by molar-refractivity contribution is 5.89. The second-order valence-corrected chi connectivity index (χ2v) is 6.85. The number of aliphatic hydroxyl groups excluding tert-OH is 1. The second kappa shape index (κ2) is 6.75. The lowest BCUT2D eigenvalue weighted by Gasteiger charge is -2.31. The van der Waals surface area contributed by atoms with E-state index in [1.807, 2.05) is 32.4 Å². The Morgan fingerprint density at radius 1 is 1.30 bits per heavy atom. The Morgan fingerprint density at radius 3 is 2.83 bits per heavy atom. The van der Waals surface area contributed by atoms with E-state index < -0.39 is 0 Å². The Hall–Kier alpha value is -1.81. The van der Waals surface area contributed by atoms with Gasteiger partial charge in [0.1, 0.15) is 0 Å². The van der Waals surface area contributed by atoms with Crippen molar-refractivity contribution in [2.75, 3.05) is 13.6 Å². The summed E-state index contributed by atoms with van der Waals surface area (Å²) < 4.78 is 2.07. The molecule has 0 saturated heterocycles. The smallest absolute Gasteiger partial charge is 0.226 e. The van der Waals surface area contributed by atoms with E-state index in [-0.39, 0.29) is 17.9 Å². The van der Waals surface area contributed by atoms with Crippen molar-refractivity contribution in [3.63, 3.8) is 0 Å². The van der Waals surface area contributed by atoms with Gasteiger partial charge in [-0.3, -0.25) is 4.79 Å². The first-order valence-corrected chi connectivity index (χ1v) is 8.51. The van der Waals surface area contributed by atoms with Gasteiger partial charge in [-0.2, -0.15) is 0 Å². The summed E-state index contributed by atoms with van der Waals surface area (Å²) in [6.07, 6.45) is 6.37. The maximum absolute atomic E-state index is 12.6. The number of likely N-dealkylation sites (N-methyl/N-ethyl adjacent to an activating group) is 1. The van der Waals surface area contributed by atoms with Gasteiger partial charge in [-0.1, -0.05) is 31.0 Å². The van der Waals surface area contributed by atoms with Crippen LogP contribution in [0.4, 0.5) is 0 Å². The van der Waals surface area contributed by atoms with Gasteiger partial charge in [0.05, 0.1) is 12.5 Å². The fourth-order valence-electron chi connectivity index (χ4n) is 3.72. The number of amides is 1. The summed E-state index contributed by atoms with van der Waals surface area (Å²) in [5, 5.41) is 11.2. The maximum Gasteiger partial charge on any atom is 0.226 e. The van der Waals surface area contributed by atoms with E-state index in [2.05, 4.69) is 16.7 Å². The summed E-state index contributed by atoms with van der Waals surface area (Å²) in [6, 6.07) is 8.18. The van der Waals surface area contributed by atoms with E-state index in [4.69, 9.17) is 0 Å². The Balaban J connectivity index is 1.68. The number of carbonyl (C=O) groups excluding carboxylic acids is 1. The minimum atomic E-state index is -0.253. The average molecular weight is 314 g/mol. The Bertz CT molecular complexity index is 692. The number of aromatic nitrogens is 1. The zero-order valence-electron chi connectivity index (χ0n) is 14.0. The fraction of sp³-hybridized carbons (Fsp3) is 0.526. The van der Waals surface area contributed by atoms with Crippen LogP contribution in [0.3, 0.4) is 0 Å². The number of aryl methyl sites for hydroxylation is 1. The van der Waals surface area contributed by atoms with Crippen LogP contribution in [0.5, 0.6) is 0 Å². The minimum Gasteiger partial charge on any atom is -0.393 e. The normalized spacial score (nSPS) is 21.5. The van der Waals surface area contributed by atoms with E-state index in [0.29, 0.717) is 13.0 Å². The number of aliphatic hydroxyl groups is 1. The first-order valence-electron chi connectivity index (χ1n) is 8.51. The molecule has 1 aliphatic carbocycles. The summed E-state index contributed by atoms with van der Waals surface area (Å²) in [5.74, 6) is 0.351. The molecule has 1 heterocycles. The topological polar surface area (TPSA) is 45.5 Å². The van der Waals surface area contributed by atoms with Gasteiger partial charge in [-0.25, -0.2) is 0 Å².